The Bertz CT molecular complexity index is 959. The lowest BCUT2D eigenvalue weighted by Gasteiger charge is -2.30. The number of aryl methyl sites for hydroxylation is 2. The van der Waals surface area contributed by atoms with Crippen LogP contribution in [0.25, 0.3) is 5.76 Å². The molecular formula is C21H25N5O4. The lowest BCUT2D eigenvalue weighted by molar-refractivity contribution is -0.140. The minimum atomic E-state index is -0.701. The summed E-state index contributed by atoms with van der Waals surface area (Å²) < 4.78 is 5.38. The number of Topliss-reactive ketones (excluding diaryl/α,β-unsaturated/α-hetero) is 1. The number of hydrogen-bond donors (Lipinski definition) is 2. The summed E-state index contributed by atoms with van der Waals surface area (Å²) in [4.78, 5) is 33.9. The summed E-state index contributed by atoms with van der Waals surface area (Å²) in [6, 6.07) is 2.87. The van der Waals surface area contributed by atoms with Gasteiger partial charge in [-0.15, -0.1) is 0 Å². The SMILES string of the molecule is Cc1n[nH]c(C)c1/C(O)=C1\C(=O)C(=O)N(CCN2CCOCC2)C1c1cccnc1. The van der Waals surface area contributed by atoms with E-state index in [1.165, 1.54) is 4.90 Å². The van der Waals surface area contributed by atoms with E-state index in [9.17, 15) is 14.7 Å². The quantitative estimate of drug-likeness (QED) is 0.432. The number of likely N-dealkylation sites (tertiary alicyclic amines) is 1. The van der Waals surface area contributed by atoms with Crippen molar-refractivity contribution >= 4 is 17.4 Å². The van der Waals surface area contributed by atoms with Crippen molar-refractivity contribution in [1.82, 2.24) is 25.0 Å². The molecule has 1 unspecified atom stereocenters. The summed E-state index contributed by atoms with van der Waals surface area (Å²) >= 11 is 0. The molecule has 9 heteroatoms. The van der Waals surface area contributed by atoms with E-state index in [0.717, 1.165) is 13.1 Å². The Morgan fingerprint density at radius 3 is 2.67 bits per heavy atom. The highest BCUT2D eigenvalue weighted by molar-refractivity contribution is 6.46. The maximum atomic E-state index is 13.0. The second-order valence-electron chi connectivity index (χ2n) is 7.54. The summed E-state index contributed by atoms with van der Waals surface area (Å²) in [6.07, 6.45) is 3.26. The smallest absolute Gasteiger partial charge is 0.295 e. The minimum Gasteiger partial charge on any atom is -0.507 e. The van der Waals surface area contributed by atoms with Gasteiger partial charge in [0.1, 0.15) is 5.76 Å². The van der Waals surface area contributed by atoms with Crippen LogP contribution in [-0.4, -0.2) is 81.2 Å². The van der Waals surface area contributed by atoms with Crippen molar-refractivity contribution in [3.63, 3.8) is 0 Å². The number of carbonyl (C=O) groups is 2. The van der Waals surface area contributed by atoms with Crippen molar-refractivity contribution in [2.45, 2.75) is 19.9 Å². The fourth-order valence-corrected chi connectivity index (χ4v) is 4.10. The van der Waals surface area contributed by atoms with E-state index >= 15 is 0 Å². The molecule has 0 aliphatic carbocycles. The van der Waals surface area contributed by atoms with Crippen LogP contribution in [0.3, 0.4) is 0 Å². The van der Waals surface area contributed by atoms with Crippen LogP contribution in [0.5, 0.6) is 0 Å². The number of nitrogens with one attached hydrogen (secondary N) is 1. The molecule has 4 rings (SSSR count). The molecule has 2 aromatic heterocycles. The Morgan fingerprint density at radius 1 is 1.27 bits per heavy atom. The van der Waals surface area contributed by atoms with Gasteiger partial charge in [0.15, 0.2) is 0 Å². The number of carbonyl (C=O) groups excluding carboxylic acids is 2. The van der Waals surface area contributed by atoms with Crippen LogP contribution in [0.15, 0.2) is 30.1 Å². The minimum absolute atomic E-state index is 0.0718. The number of amides is 1. The first kappa shape index (κ1) is 20.2. The van der Waals surface area contributed by atoms with E-state index in [1.807, 2.05) is 6.07 Å². The van der Waals surface area contributed by atoms with Crippen LogP contribution in [-0.2, 0) is 14.3 Å². The molecule has 1 atom stereocenters. The highest BCUT2D eigenvalue weighted by Gasteiger charge is 2.46. The number of aliphatic hydroxyl groups excluding tert-OH is 1. The van der Waals surface area contributed by atoms with Gasteiger partial charge in [-0.2, -0.15) is 5.10 Å². The Labute approximate surface area is 174 Å². The summed E-state index contributed by atoms with van der Waals surface area (Å²) in [6.45, 7) is 7.38. The van der Waals surface area contributed by atoms with Gasteiger partial charge in [0.2, 0.25) is 0 Å². The molecule has 2 aromatic rings. The molecule has 0 bridgehead atoms. The molecule has 158 valence electrons. The first-order valence-electron chi connectivity index (χ1n) is 9.99. The first-order chi connectivity index (χ1) is 14.5. The highest BCUT2D eigenvalue weighted by atomic mass is 16.5. The first-order valence-corrected chi connectivity index (χ1v) is 9.99. The predicted molar refractivity (Wildman–Crippen MR) is 109 cm³/mol. The number of morpholine rings is 1. The lowest BCUT2D eigenvalue weighted by Crippen LogP contribution is -2.42. The molecule has 0 saturated carbocycles. The number of nitrogens with zero attached hydrogens (tertiary/aromatic N) is 4. The second kappa shape index (κ2) is 8.37. The standard InChI is InChI=1S/C21H25N5O4/c1-13-16(14(2)24-23-13)19(27)17-18(15-4-3-5-22-12-15)26(21(29)20(17)28)7-6-25-8-10-30-11-9-25/h3-5,12,18,27H,6-11H2,1-2H3,(H,23,24)/b19-17+. The molecule has 30 heavy (non-hydrogen) atoms. The maximum Gasteiger partial charge on any atom is 0.295 e. The third-order valence-electron chi connectivity index (χ3n) is 5.67. The topological polar surface area (TPSA) is 112 Å². The zero-order valence-electron chi connectivity index (χ0n) is 17.1. The lowest BCUT2D eigenvalue weighted by atomic mass is 9.95. The van der Waals surface area contributed by atoms with Crippen molar-refractivity contribution in [2.24, 2.45) is 0 Å². The molecule has 9 nitrogen and oxygen atoms in total. The van der Waals surface area contributed by atoms with Gasteiger partial charge in [-0.05, 0) is 25.5 Å². The zero-order valence-corrected chi connectivity index (χ0v) is 17.1. The average molecular weight is 411 g/mol. The average Bonchev–Trinajstić information content (AvgIpc) is 3.23. The number of rotatable bonds is 5. The van der Waals surface area contributed by atoms with Crippen molar-refractivity contribution in [2.75, 3.05) is 39.4 Å². The molecule has 0 spiro atoms. The molecule has 2 aliphatic rings. The van der Waals surface area contributed by atoms with Crippen LogP contribution in [0.4, 0.5) is 0 Å². The molecule has 4 heterocycles. The van der Waals surface area contributed by atoms with Gasteiger partial charge >= 0.3 is 0 Å². The van der Waals surface area contributed by atoms with Gasteiger partial charge in [0.25, 0.3) is 11.7 Å². The fourth-order valence-electron chi connectivity index (χ4n) is 4.10. The number of H-pyrrole nitrogens is 1. The summed E-state index contributed by atoms with van der Waals surface area (Å²) in [5.74, 6) is -1.51. The largest absolute Gasteiger partial charge is 0.507 e. The van der Waals surface area contributed by atoms with E-state index in [2.05, 4.69) is 20.1 Å². The highest BCUT2D eigenvalue weighted by Crippen LogP contribution is 2.39. The van der Waals surface area contributed by atoms with Crippen molar-refractivity contribution < 1.29 is 19.4 Å². The normalized spacial score (nSPS) is 22.1. The monoisotopic (exact) mass is 411 g/mol. The molecule has 0 aromatic carbocycles. The van der Waals surface area contributed by atoms with E-state index in [1.54, 1.807) is 32.3 Å². The second-order valence-corrected chi connectivity index (χ2v) is 7.54. The fraction of sp³-hybridized carbons (Fsp3) is 0.429. The van der Waals surface area contributed by atoms with Crippen LogP contribution in [0.1, 0.15) is 28.6 Å². The number of hydrogen-bond acceptors (Lipinski definition) is 7. The molecule has 2 saturated heterocycles. The van der Waals surface area contributed by atoms with Gasteiger partial charge in [0, 0.05) is 44.3 Å². The van der Waals surface area contributed by atoms with E-state index < -0.39 is 17.7 Å². The maximum absolute atomic E-state index is 13.0. The molecule has 1 amide bonds. The van der Waals surface area contributed by atoms with Crippen LogP contribution in [0, 0.1) is 13.8 Å². The Kier molecular flexibility index (Phi) is 5.65. The third-order valence-corrected chi connectivity index (χ3v) is 5.67. The van der Waals surface area contributed by atoms with Crippen LogP contribution in [0.2, 0.25) is 0 Å². The summed E-state index contributed by atoms with van der Waals surface area (Å²) in [7, 11) is 0. The van der Waals surface area contributed by atoms with E-state index in [0.29, 0.717) is 48.8 Å². The van der Waals surface area contributed by atoms with Crippen molar-refractivity contribution in [1.29, 1.82) is 0 Å². The van der Waals surface area contributed by atoms with Gasteiger partial charge in [0.05, 0.1) is 36.1 Å². The number of pyridine rings is 1. The van der Waals surface area contributed by atoms with Crippen molar-refractivity contribution in [3.05, 3.63) is 52.6 Å². The molecular weight excluding hydrogens is 386 g/mol. The van der Waals surface area contributed by atoms with Gasteiger partial charge in [-0.1, -0.05) is 6.07 Å². The summed E-state index contributed by atoms with van der Waals surface area (Å²) in [5.41, 5.74) is 2.40. The predicted octanol–water partition coefficient (Wildman–Crippen LogP) is 1.18. The molecule has 0 radical (unpaired) electrons. The Morgan fingerprint density at radius 2 is 2.03 bits per heavy atom. The Balaban J connectivity index is 1.74. The molecule has 2 N–H and O–H groups in total. The zero-order chi connectivity index (χ0) is 21.3. The van der Waals surface area contributed by atoms with Crippen molar-refractivity contribution in [3.8, 4) is 0 Å². The number of aromatic nitrogens is 3. The molecule has 2 fully saturated rings. The Hall–Kier alpha value is -3.04. The van der Waals surface area contributed by atoms with Gasteiger partial charge in [-0.3, -0.25) is 24.6 Å². The number of aromatic amines is 1. The van der Waals surface area contributed by atoms with Crippen LogP contribution < -0.4 is 0 Å². The molecule has 2 aliphatic heterocycles. The summed E-state index contributed by atoms with van der Waals surface area (Å²) in [5, 5.41) is 18.0. The van der Waals surface area contributed by atoms with Gasteiger partial charge in [-0.25, -0.2) is 0 Å². The number of aliphatic hydroxyl groups is 1. The van der Waals surface area contributed by atoms with Gasteiger partial charge < -0.3 is 14.7 Å². The number of ether oxygens (including phenoxy) is 1. The third kappa shape index (κ3) is 3.61. The van der Waals surface area contributed by atoms with E-state index in [4.69, 9.17) is 4.74 Å². The van der Waals surface area contributed by atoms with E-state index in [-0.39, 0.29) is 11.3 Å². The van der Waals surface area contributed by atoms with Crippen LogP contribution >= 0.6 is 0 Å². The number of ketones is 1.